The summed E-state index contributed by atoms with van der Waals surface area (Å²) < 4.78 is 18.5. The number of ether oxygens (including phenoxy) is 1. The zero-order valence-corrected chi connectivity index (χ0v) is 15.2. The maximum Gasteiger partial charge on any atom is 0.349 e. The molecule has 8 heteroatoms. The molecule has 142 valence electrons. The van der Waals surface area contributed by atoms with Crippen LogP contribution in [0.3, 0.4) is 0 Å². The van der Waals surface area contributed by atoms with Crippen LogP contribution in [0, 0.1) is 5.82 Å². The molecular weight excluding hydrogens is 383 g/mol. The van der Waals surface area contributed by atoms with E-state index in [1.807, 2.05) is 0 Å². The van der Waals surface area contributed by atoms with Gasteiger partial charge in [-0.15, -0.1) is 11.3 Å². The number of carbonyl (C=O) groups excluding carboxylic acids is 3. The van der Waals surface area contributed by atoms with Crippen LogP contribution in [-0.4, -0.2) is 17.8 Å². The third kappa shape index (κ3) is 4.60. The third-order valence-electron chi connectivity index (χ3n) is 3.73. The normalized spacial score (nSPS) is 11.5. The molecule has 1 unspecified atom stereocenters. The molecule has 28 heavy (non-hydrogen) atoms. The quantitative estimate of drug-likeness (QED) is 0.621. The van der Waals surface area contributed by atoms with Crippen LogP contribution in [0.25, 0.3) is 0 Å². The highest BCUT2D eigenvalue weighted by Gasteiger charge is 2.26. The highest BCUT2D eigenvalue weighted by atomic mass is 32.1. The van der Waals surface area contributed by atoms with Crippen molar-refractivity contribution in [3.63, 3.8) is 0 Å². The molecule has 2 amide bonds. The summed E-state index contributed by atoms with van der Waals surface area (Å²) in [5.41, 5.74) is 6.01. The van der Waals surface area contributed by atoms with Gasteiger partial charge in [-0.3, -0.25) is 9.59 Å². The van der Waals surface area contributed by atoms with Gasteiger partial charge in [0.1, 0.15) is 10.7 Å². The van der Waals surface area contributed by atoms with Crippen LogP contribution in [0.1, 0.15) is 31.0 Å². The zero-order valence-electron chi connectivity index (χ0n) is 14.4. The molecule has 0 fully saturated rings. The number of primary amides is 1. The Morgan fingerprint density at radius 2 is 1.57 bits per heavy atom. The molecule has 0 bridgehead atoms. The molecule has 0 aliphatic heterocycles. The van der Waals surface area contributed by atoms with Crippen molar-refractivity contribution < 1.29 is 23.5 Å². The Balaban J connectivity index is 1.82. The number of benzene rings is 2. The van der Waals surface area contributed by atoms with Crippen LogP contribution >= 0.6 is 11.3 Å². The van der Waals surface area contributed by atoms with Gasteiger partial charge in [0.25, 0.3) is 11.8 Å². The van der Waals surface area contributed by atoms with E-state index in [0.717, 1.165) is 11.3 Å². The van der Waals surface area contributed by atoms with Crippen LogP contribution < -0.4 is 11.1 Å². The van der Waals surface area contributed by atoms with Gasteiger partial charge in [0.2, 0.25) is 6.10 Å². The fourth-order valence-electron chi connectivity index (χ4n) is 2.39. The van der Waals surface area contributed by atoms with Crippen molar-refractivity contribution in [2.75, 3.05) is 5.32 Å². The second-order valence-electron chi connectivity index (χ2n) is 5.72. The molecule has 3 aromatic rings. The molecule has 0 radical (unpaired) electrons. The maximum absolute atomic E-state index is 13.1. The van der Waals surface area contributed by atoms with Crippen LogP contribution in [0.15, 0.2) is 66.7 Å². The van der Waals surface area contributed by atoms with Gasteiger partial charge in [-0.1, -0.05) is 30.3 Å². The number of nitrogens with two attached hydrogens (primary N) is 1. The molecule has 2 aromatic carbocycles. The Kier molecular flexibility index (Phi) is 5.81. The molecule has 3 N–H and O–H groups in total. The third-order valence-corrected chi connectivity index (χ3v) is 4.81. The van der Waals surface area contributed by atoms with Gasteiger partial charge in [-0.2, -0.15) is 0 Å². The topological polar surface area (TPSA) is 98.5 Å². The lowest BCUT2D eigenvalue weighted by Gasteiger charge is -2.17. The van der Waals surface area contributed by atoms with E-state index < -0.39 is 29.7 Å². The predicted molar refractivity (Wildman–Crippen MR) is 102 cm³/mol. The predicted octanol–water partition coefficient (Wildman–Crippen LogP) is 3.52. The minimum atomic E-state index is -1.24. The number of carbonyl (C=O) groups is 3. The molecule has 3 rings (SSSR count). The summed E-state index contributed by atoms with van der Waals surface area (Å²) in [6.45, 7) is 0. The summed E-state index contributed by atoms with van der Waals surface area (Å²) in [6, 6.07) is 16.5. The highest BCUT2D eigenvalue weighted by Crippen LogP contribution is 2.24. The van der Waals surface area contributed by atoms with E-state index >= 15 is 0 Å². The standard InChI is InChI=1S/C20H15FN2O4S/c21-13-6-8-14(9-7-13)23-19(25)17(12-4-2-1-3-5-12)27-20(26)16-11-10-15(28-16)18(22)24/h1-11,17H,(H2,22,24)(H,23,25). The Morgan fingerprint density at radius 3 is 2.18 bits per heavy atom. The molecular formula is C20H15FN2O4S. The molecule has 0 aliphatic rings. The number of amides is 2. The van der Waals surface area contributed by atoms with E-state index in [1.165, 1.54) is 36.4 Å². The lowest BCUT2D eigenvalue weighted by atomic mass is 10.1. The van der Waals surface area contributed by atoms with Gasteiger partial charge >= 0.3 is 5.97 Å². The smallest absolute Gasteiger partial charge is 0.349 e. The number of esters is 1. The van der Waals surface area contributed by atoms with Crippen molar-refractivity contribution in [1.82, 2.24) is 0 Å². The molecule has 0 saturated carbocycles. The fourth-order valence-corrected chi connectivity index (χ4v) is 3.13. The summed E-state index contributed by atoms with van der Waals surface area (Å²) in [4.78, 5) is 36.8. The van der Waals surface area contributed by atoms with Gasteiger partial charge in [0.05, 0.1) is 4.88 Å². The Morgan fingerprint density at radius 1 is 0.929 bits per heavy atom. The molecule has 0 spiro atoms. The Hall–Kier alpha value is -3.52. The molecule has 1 heterocycles. The van der Waals surface area contributed by atoms with Gasteiger partial charge in [-0.05, 0) is 36.4 Å². The number of hydrogen-bond donors (Lipinski definition) is 2. The van der Waals surface area contributed by atoms with Crippen molar-refractivity contribution in [3.8, 4) is 0 Å². The SMILES string of the molecule is NC(=O)c1ccc(C(=O)OC(C(=O)Nc2ccc(F)cc2)c2ccccc2)s1. The van der Waals surface area contributed by atoms with Crippen molar-refractivity contribution >= 4 is 34.8 Å². The molecule has 6 nitrogen and oxygen atoms in total. The minimum absolute atomic E-state index is 0.143. The average molecular weight is 398 g/mol. The zero-order chi connectivity index (χ0) is 20.1. The van der Waals surface area contributed by atoms with E-state index in [1.54, 1.807) is 30.3 Å². The van der Waals surface area contributed by atoms with E-state index in [2.05, 4.69) is 5.32 Å². The van der Waals surface area contributed by atoms with E-state index in [0.29, 0.717) is 11.3 Å². The van der Waals surface area contributed by atoms with Gasteiger partial charge in [0, 0.05) is 11.3 Å². The monoisotopic (exact) mass is 398 g/mol. The van der Waals surface area contributed by atoms with Crippen LogP contribution in [0.5, 0.6) is 0 Å². The van der Waals surface area contributed by atoms with Gasteiger partial charge in [-0.25, -0.2) is 9.18 Å². The van der Waals surface area contributed by atoms with Crippen molar-refractivity contribution in [1.29, 1.82) is 0 Å². The summed E-state index contributed by atoms with van der Waals surface area (Å²) in [7, 11) is 0. The largest absolute Gasteiger partial charge is 0.443 e. The van der Waals surface area contributed by atoms with E-state index in [-0.39, 0.29) is 9.75 Å². The summed E-state index contributed by atoms with van der Waals surface area (Å²) in [5, 5.41) is 2.59. The van der Waals surface area contributed by atoms with E-state index in [4.69, 9.17) is 10.5 Å². The number of thiophene rings is 1. The number of halogens is 1. The fraction of sp³-hybridized carbons (Fsp3) is 0.0500. The molecule has 0 aliphatic carbocycles. The first-order valence-electron chi connectivity index (χ1n) is 8.16. The Labute approximate surface area is 163 Å². The number of hydrogen-bond acceptors (Lipinski definition) is 5. The lowest BCUT2D eigenvalue weighted by molar-refractivity contribution is -0.125. The Bertz CT molecular complexity index is 1000. The first-order chi connectivity index (χ1) is 13.4. The summed E-state index contributed by atoms with van der Waals surface area (Å²) in [6.07, 6.45) is -1.24. The second kappa shape index (κ2) is 8.45. The number of anilines is 1. The van der Waals surface area contributed by atoms with Crippen molar-refractivity contribution in [2.24, 2.45) is 5.73 Å². The van der Waals surface area contributed by atoms with Crippen molar-refractivity contribution in [3.05, 3.63) is 87.9 Å². The number of rotatable bonds is 6. The molecule has 1 aromatic heterocycles. The highest BCUT2D eigenvalue weighted by molar-refractivity contribution is 7.15. The second-order valence-corrected chi connectivity index (χ2v) is 6.80. The maximum atomic E-state index is 13.1. The molecule has 0 saturated heterocycles. The van der Waals surface area contributed by atoms with Crippen molar-refractivity contribution in [2.45, 2.75) is 6.10 Å². The average Bonchev–Trinajstić information content (AvgIpc) is 3.19. The van der Waals surface area contributed by atoms with Crippen LogP contribution in [0.2, 0.25) is 0 Å². The van der Waals surface area contributed by atoms with E-state index in [9.17, 15) is 18.8 Å². The van der Waals surface area contributed by atoms with Crippen LogP contribution in [0.4, 0.5) is 10.1 Å². The lowest BCUT2D eigenvalue weighted by Crippen LogP contribution is -2.25. The van der Waals surface area contributed by atoms with Gasteiger partial charge in [0.15, 0.2) is 0 Å². The minimum Gasteiger partial charge on any atom is -0.443 e. The first-order valence-corrected chi connectivity index (χ1v) is 8.97. The number of nitrogens with one attached hydrogen (secondary N) is 1. The summed E-state index contributed by atoms with van der Waals surface area (Å²) in [5.74, 6) is -2.46. The first kappa shape index (κ1) is 19.2. The van der Waals surface area contributed by atoms with Crippen LogP contribution in [-0.2, 0) is 9.53 Å². The van der Waals surface area contributed by atoms with Gasteiger partial charge < -0.3 is 15.8 Å². The summed E-state index contributed by atoms with van der Waals surface area (Å²) >= 11 is 0.881. The molecule has 1 atom stereocenters.